The van der Waals surface area contributed by atoms with Crippen LogP contribution < -0.4 is 15.0 Å². The van der Waals surface area contributed by atoms with Crippen LogP contribution >= 0.6 is 0 Å². The van der Waals surface area contributed by atoms with E-state index >= 15 is 0 Å². The lowest BCUT2D eigenvalue weighted by atomic mass is 10.0. The van der Waals surface area contributed by atoms with Crippen molar-refractivity contribution in [3.8, 4) is 5.75 Å². The highest BCUT2D eigenvalue weighted by molar-refractivity contribution is 6.00. The summed E-state index contributed by atoms with van der Waals surface area (Å²) in [6.45, 7) is 6.50. The van der Waals surface area contributed by atoms with Crippen molar-refractivity contribution in [3.63, 3.8) is 0 Å². The van der Waals surface area contributed by atoms with Gasteiger partial charge in [-0.1, -0.05) is 32.8 Å². The number of hydrogen-bond donors (Lipinski definition) is 1. The van der Waals surface area contributed by atoms with Gasteiger partial charge in [-0.05, 0) is 24.5 Å². The first-order chi connectivity index (χ1) is 14.5. The number of urea groups is 1. The fourth-order valence-electron chi connectivity index (χ4n) is 4.93. The Morgan fingerprint density at radius 3 is 2.73 bits per heavy atom. The lowest BCUT2D eigenvalue weighted by molar-refractivity contribution is -0.138. The van der Waals surface area contributed by atoms with Gasteiger partial charge in [0, 0.05) is 38.4 Å². The van der Waals surface area contributed by atoms with E-state index in [4.69, 9.17) is 4.74 Å². The van der Waals surface area contributed by atoms with Gasteiger partial charge in [0.05, 0.1) is 7.11 Å². The molecule has 0 saturated carbocycles. The summed E-state index contributed by atoms with van der Waals surface area (Å²) in [5.74, 6) is 1.12. The molecule has 0 aromatic heterocycles. The molecule has 3 aliphatic rings. The number of imide groups is 1. The molecule has 4 atom stereocenters. The van der Waals surface area contributed by atoms with Crippen molar-refractivity contribution in [1.29, 1.82) is 0 Å². The summed E-state index contributed by atoms with van der Waals surface area (Å²) < 4.78 is 5.41. The first-order valence-electron chi connectivity index (χ1n) is 11.0. The SMILES string of the molecule is CCCCCN1C(=O)C2C(NC3N(c4cccc(OC)c4)CC(C)CN23)N(C)C1=O. The van der Waals surface area contributed by atoms with Crippen molar-refractivity contribution < 1.29 is 14.3 Å². The number of hydrogen-bond acceptors (Lipinski definition) is 6. The number of methoxy groups -OCH3 is 1. The number of unbranched alkanes of at least 4 members (excludes halogenated alkanes) is 2. The van der Waals surface area contributed by atoms with Crippen LogP contribution in [0, 0.1) is 5.92 Å². The molecule has 4 unspecified atom stereocenters. The van der Waals surface area contributed by atoms with E-state index in [1.165, 1.54) is 4.90 Å². The third-order valence-corrected chi connectivity index (χ3v) is 6.46. The van der Waals surface area contributed by atoms with E-state index in [-0.39, 0.29) is 30.4 Å². The Kier molecular flexibility index (Phi) is 5.88. The first kappa shape index (κ1) is 20.9. The van der Waals surface area contributed by atoms with Gasteiger partial charge in [-0.15, -0.1) is 0 Å². The summed E-state index contributed by atoms with van der Waals surface area (Å²) in [6, 6.07) is 7.43. The van der Waals surface area contributed by atoms with E-state index < -0.39 is 0 Å². The van der Waals surface area contributed by atoms with Gasteiger partial charge in [0.2, 0.25) is 0 Å². The van der Waals surface area contributed by atoms with Crippen LogP contribution in [0.15, 0.2) is 24.3 Å². The molecule has 0 radical (unpaired) electrons. The molecule has 0 aliphatic carbocycles. The van der Waals surface area contributed by atoms with Crippen LogP contribution in [-0.2, 0) is 4.79 Å². The number of carbonyl (C=O) groups excluding carboxylic acids is 2. The molecule has 8 nitrogen and oxygen atoms in total. The van der Waals surface area contributed by atoms with Gasteiger partial charge in [0.15, 0.2) is 0 Å². The van der Waals surface area contributed by atoms with Crippen molar-refractivity contribution in [1.82, 2.24) is 20.0 Å². The minimum atomic E-state index is -0.366. The summed E-state index contributed by atoms with van der Waals surface area (Å²) in [6.07, 6.45) is 2.46. The van der Waals surface area contributed by atoms with Crippen LogP contribution in [0.25, 0.3) is 0 Å². The Hall–Kier alpha value is -2.32. The second-order valence-electron chi connectivity index (χ2n) is 8.68. The van der Waals surface area contributed by atoms with Gasteiger partial charge in [-0.2, -0.15) is 0 Å². The highest BCUT2D eigenvalue weighted by atomic mass is 16.5. The zero-order chi connectivity index (χ0) is 21.4. The molecule has 164 valence electrons. The number of rotatable bonds is 6. The quantitative estimate of drug-likeness (QED) is 0.718. The molecule has 3 amide bonds. The fourth-order valence-corrected chi connectivity index (χ4v) is 4.93. The van der Waals surface area contributed by atoms with E-state index in [1.54, 1.807) is 19.1 Å². The number of benzene rings is 1. The number of fused-ring (bicyclic) bond motifs is 3. The normalized spacial score (nSPS) is 29.3. The standard InChI is InChI=1S/C22H33N5O3/c1-5-6-7-11-25-20(28)18-19(24(3)22(25)29)23-21-26(13-15(2)14-27(18)21)16-9-8-10-17(12-16)30-4/h8-10,12,15,18-19,21,23H,5-7,11,13-14H2,1-4H3. The lowest BCUT2D eigenvalue weighted by Crippen LogP contribution is -2.66. The topological polar surface area (TPSA) is 68.4 Å². The van der Waals surface area contributed by atoms with Gasteiger partial charge in [0.1, 0.15) is 24.2 Å². The number of ether oxygens (including phenoxy) is 1. The molecule has 1 aromatic rings. The summed E-state index contributed by atoms with van der Waals surface area (Å²) in [5.41, 5.74) is 1.04. The minimum Gasteiger partial charge on any atom is -0.497 e. The third kappa shape index (κ3) is 3.52. The Morgan fingerprint density at radius 1 is 1.20 bits per heavy atom. The Balaban J connectivity index is 1.62. The maximum atomic E-state index is 13.4. The molecular weight excluding hydrogens is 382 g/mol. The highest BCUT2D eigenvalue weighted by Gasteiger charge is 2.56. The lowest BCUT2D eigenvalue weighted by Gasteiger charge is -2.46. The van der Waals surface area contributed by atoms with Crippen LogP contribution in [0.3, 0.4) is 0 Å². The van der Waals surface area contributed by atoms with Gasteiger partial charge >= 0.3 is 6.03 Å². The van der Waals surface area contributed by atoms with Crippen molar-refractivity contribution in [2.45, 2.75) is 51.6 Å². The van der Waals surface area contributed by atoms with E-state index in [0.29, 0.717) is 12.5 Å². The summed E-state index contributed by atoms with van der Waals surface area (Å²) in [7, 11) is 3.46. The average molecular weight is 416 g/mol. The van der Waals surface area contributed by atoms with Crippen LogP contribution in [0.4, 0.5) is 10.5 Å². The first-order valence-corrected chi connectivity index (χ1v) is 11.0. The second kappa shape index (κ2) is 8.43. The predicted molar refractivity (Wildman–Crippen MR) is 115 cm³/mol. The molecule has 3 fully saturated rings. The largest absolute Gasteiger partial charge is 0.497 e. The average Bonchev–Trinajstić information content (AvgIpc) is 3.13. The van der Waals surface area contributed by atoms with E-state index in [1.807, 2.05) is 18.2 Å². The number of nitrogens with zero attached hydrogens (tertiary/aromatic N) is 4. The Labute approximate surface area is 178 Å². The zero-order valence-corrected chi connectivity index (χ0v) is 18.4. The molecule has 30 heavy (non-hydrogen) atoms. The number of nitrogens with one attached hydrogen (secondary N) is 1. The van der Waals surface area contributed by atoms with Crippen molar-refractivity contribution >= 4 is 17.6 Å². The van der Waals surface area contributed by atoms with Crippen LogP contribution in [-0.4, -0.2) is 78.9 Å². The zero-order valence-electron chi connectivity index (χ0n) is 18.4. The van der Waals surface area contributed by atoms with Crippen molar-refractivity contribution in [3.05, 3.63) is 24.3 Å². The number of carbonyl (C=O) groups is 2. The second-order valence-corrected chi connectivity index (χ2v) is 8.68. The fraction of sp³-hybridized carbons (Fsp3) is 0.636. The van der Waals surface area contributed by atoms with Crippen LogP contribution in [0.2, 0.25) is 0 Å². The summed E-state index contributed by atoms with van der Waals surface area (Å²) in [4.78, 5) is 34.0. The number of likely N-dealkylation sites (N-methyl/N-ethyl adjacent to an activating group) is 1. The Bertz CT molecular complexity index is 803. The predicted octanol–water partition coefficient (Wildman–Crippen LogP) is 2.12. The molecule has 3 aliphatic heterocycles. The Morgan fingerprint density at radius 2 is 2.00 bits per heavy atom. The molecular formula is C22H33N5O3. The summed E-state index contributed by atoms with van der Waals surface area (Å²) in [5, 5.41) is 3.57. The molecule has 8 heteroatoms. The highest BCUT2D eigenvalue weighted by Crippen LogP contribution is 2.35. The molecule has 3 saturated heterocycles. The van der Waals surface area contributed by atoms with Gasteiger partial charge in [0.25, 0.3) is 5.91 Å². The van der Waals surface area contributed by atoms with Gasteiger partial charge < -0.3 is 14.5 Å². The molecule has 0 spiro atoms. The van der Waals surface area contributed by atoms with Gasteiger partial charge in [-0.3, -0.25) is 19.9 Å². The molecule has 4 rings (SSSR count). The molecule has 0 bridgehead atoms. The van der Waals surface area contributed by atoms with E-state index in [9.17, 15) is 9.59 Å². The monoisotopic (exact) mass is 415 g/mol. The number of anilines is 1. The van der Waals surface area contributed by atoms with E-state index in [2.05, 4.69) is 35.0 Å². The van der Waals surface area contributed by atoms with Gasteiger partial charge in [-0.25, -0.2) is 4.79 Å². The van der Waals surface area contributed by atoms with Crippen LogP contribution in [0.5, 0.6) is 5.75 Å². The molecule has 1 aromatic carbocycles. The maximum absolute atomic E-state index is 13.4. The number of amides is 3. The summed E-state index contributed by atoms with van der Waals surface area (Å²) >= 11 is 0. The smallest absolute Gasteiger partial charge is 0.327 e. The van der Waals surface area contributed by atoms with Crippen molar-refractivity contribution in [2.24, 2.45) is 5.92 Å². The van der Waals surface area contributed by atoms with E-state index in [0.717, 1.165) is 43.8 Å². The molecule has 1 N–H and O–H groups in total. The minimum absolute atomic E-state index is 0.0751. The van der Waals surface area contributed by atoms with Crippen molar-refractivity contribution in [2.75, 3.05) is 38.7 Å². The van der Waals surface area contributed by atoms with Crippen LogP contribution in [0.1, 0.15) is 33.1 Å². The molecule has 3 heterocycles. The third-order valence-electron chi connectivity index (χ3n) is 6.46. The maximum Gasteiger partial charge on any atom is 0.327 e.